The molecule has 0 radical (unpaired) electrons. The highest BCUT2D eigenvalue weighted by Gasteiger charge is 2.20. The number of nitrogens with one attached hydrogen (secondary N) is 1. The Balaban J connectivity index is 1.96. The molecule has 1 saturated heterocycles. The topological polar surface area (TPSA) is 12.0 Å². The second-order valence-electron chi connectivity index (χ2n) is 4.44. The van der Waals surface area contributed by atoms with Gasteiger partial charge in [0.1, 0.15) is 6.17 Å². The summed E-state index contributed by atoms with van der Waals surface area (Å²) in [5.74, 6) is 0.444. The fourth-order valence-corrected chi connectivity index (χ4v) is 2.53. The Hall–Kier alpha value is -0.600. The van der Waals surface area contributed by atoms with Crippen LogP contribution in [0, 0.1) is 5.92 Å². The van der Waals surface area contributed by atoms with Gasteiger partial charge in [0.15, 0.2) is 0 Å². The minimum Gasteiger partial charge on any atom is -0.316 e. The first-order chi connectivity index (χ1) is 7.77. The zero-order valence-corrected chi connectivity index (χ0v) is 10.0. The monoisotopic (exact) mass is 241 g/mol. The van der Waals surface area contributed by atoms with Crippen LogP contribution in [-0.2, 0) is 0 Å². The van der Waals surface area contributed by atoms with Gasteiger partial charge in [-0.15, -0.1) is 0 Å². The molecule has 16 heavy (non-hydrogen) atoms. The summed E-state index contributed by atoms with van der Waals surface area (Å²) in [4.78, 5) is 0. The van der Waals surface area contributed by atoms with Gasteiger partial charge in [-0.3, -0.25) is 0 Å². The Morgan fingerprint density at radius 2 is 2.25 bits per heavy atom. The highest BCUT2D eigenvalue weighted by atomic mass is 35.5. The minimum atomic E-state index is -0.932. The van der Waals surface area contributed by atoms with Gasteiger partial charge in [-0.2, -0.15) is 0 Å². The van der Waals surface area contributed by atoms with Gasteiger partial charge >= 0.3 is 0 Å². The van der Waals surface area contributed by atoms with E-state index in [-0.39, 0.29) is 0 Å². The van der Waals surface area contributed by atoms with Crippen molar-refractivity contribution in [2.75, 3.05) is 13.1 Å². The lowest BCUT2D eigenvalue weighted by molar-refractivity contribution is 0.243. The maximum Gasteiger partial charge on any atom is 0.127 e. The first-order valence-corrected chi connectivity index (χ1v) is 6.24. The molecule has 3 heteroatoms. The van der Waals surface area contributed by atoms with Crippen molar-refractivity contribution in [3.05, 3.63) is 34.9 Å². The van der Waals surface area contributed by atoms with Crippen molar-refractivity contribution in [1.29, 1.82) is 0 Å². The molecule has 88 valence electrons. The number of halogens is 2. The molecule has 2 atom stereocenters. The molecule has 1 aliphatic rings. The fraction of sp³-hybridized carbons (Fsp3) is 0.538. The SMILES string of the molecule is FC(CC1CCCNC1)c1ccccc1Cl. The molecule has 1 aliphatic heterocycles. The molecule has 1 N–H and O–H groups in total. The van der Waals surface area contributed by atoms with E-state index < -0.39 is 6.17 Å². The van der Waals surface area contributed by atoms with Crippen LogP contribution in [0.2, 0.25) is 5.02 Å². The Bertz CT molecular complexity index is 336. The standard InChI is InChI=1S/C13H17ClFN/c14-12-6-2-1-5-11(12)13(15)8-10-4-3-7-16-9-10/h1-2,5-6,10,13,16H,3-4,7-9H2. The summed E-state index contributed by atoms with van der Waals surface area (Å²) in [6.07, 6.45) is 1.92. The molecule has 0 spiro atoms. The normalized spacial score (nSPS) is 23.0. The Labute approximate surface area is 101 Å². The van der Waals surface area contributed by atoms with Gasteiger partial charge in [-0.25, -0.2) is 4.39 Å². The van der Waals surface area contributed by atoms with Crippen molar-refractivity contribution in [3.8, 4) is 0 Å². The number of alkyl halides is 1. The van der Waals surface area contributed by atoms with Crippen LogP contribution in [0.5, 0.6) is 0 Å². The lowest BCUT2D eigenvalue weighted by Gasteiger charge is -2.24. The van der Waals surface area contributed by atoms with Crippen molar-refractivity contribution in [2.45, 2.75) is 25.4 Å². The van der Waals surface area contributed by atoms with E-state index in [0.29, 0.717) is 22.9 Å². The predicted molar refractivity (Wildman–Crippen MR) is 65.5 cm³/mol. The molecule has 2 unspecified atom stereocenters. The average Bonchev–Trinajstić information content (AvgIpc) is 2.31. The molecule has 1 fully saturated rings. The van der Waals surface area contributed by atoms with E-state index in [1.807, 2.05) is 12.1 Å². The molecule has 0 aromatic heterocycles. The lowest BCUT2D eigenvalue weighted by atomic mass is 9.91. The van der Waals surface area contributed by atoms with E-state index in [1.54, 1.807) is 12.1 Å². The van der Waals surface area contributed by atoms with Gasteiger partial charge in [0, 0.05) is 10.6 Å². The number of benzene rings is 1. The summed E-state index contributed by atoms with van der Waals surface area (Å²) in [5, 5.41) is 3.85. The molecule has 1 aromatic rings. The molecule has 1 aromatic carbocycles. The quantitative estimate of drug-likeness (QED) is 0.850. The number of rotatable bonds is 3. The number of piperidine rings is 1. The van der Waals surface area contributed by atoms with E-state index in [4.69, 9.17) is 11.6 Å². The molecular weight excluding hydrogens is 225 g/mol. The molecule has 1 heterocycles. The van der Waals surface area contributed by atoms with Gasteiger partial charge in [0.25, 0.3) is 0 Å². The second-order valence-corrected chi connectivity index (χ2v) is 4.84. The predicted octanol–water partition coefficient (Wildman–Crippen LogP) is 3.74. The first-order valence-electron chi connectivity index (χ1n) is 5.86. The molecule has 1 nitrogen and oxygen atoms in total. The van der Waals surface area contributed by atoms with Gasteiger partial charge < -0.3 is 5.32 Å². The fourth-order valence-electron chi connectivity index (χ4n) is 2.27. The van der Waals surface area contributed by atoms with Crippen molar-refractivity contribution >= 4 is 11.6 Å². The van der Waals surface area contributed by atoms with Crippen molar-refractivity contribution in [1.82, 2.24) is 5.32 Å². The van der Waals surface area contributed by atoms with Gasteiger partial charge in [-0.05, 0) is 44.3 Å². The van der Waals surface area contributed by atoms with Crippen LogP contribution < -0.4 is 5.32 Å². The van der Waals surface area contributed by atoms with Crippen LogP contribution in [0.15, 0.2) is 24.3 Å². The molecule has 0 bridgehead atoms. The maximum absolute atomic E-state index is 14.1. The summed E-state index contributed by atoms with van der Waals surface area (Å²) in [5.41, 5.74) is 0.634. The van der Waals surface area contributed by atoms with Gasteiger partial charge in [-0.1, -0.05) is 29.8 Å². The summed E-state index contributed by atoms with van der Waals surface area (Å²) >= 11 is 5.98. The van der Waals surface area contributed by atoms with Crippen LogP contribution >= 0.6 is 11.6 Å². The number of hydrogen-bond acceptors (Lipinski definition) is 1. The Morgan fingerprint density at radius 1 is 1.44 bits per heavy atom. The molecule has 0 aliphatic carbocycles. The van der Waals surface area contributed by atoms with Crippen molar-refractivity contribution in [2.24, 2.45) is 5.92 Å². The highest BCUT2D eigenvalue weighted by molar-refractivity contribution is 6.31. The molecular formula is C13H17ClFN. The van der Waals surface area contributed by atoms with E-state index >= 15 is 0 Å². The Kier molecular flexibility index (Phi) is 4.19. The smallest absolute Gasteiger partial charge is 0.127 e. The maximum atomic E-state index is 14.1. The third kappa shape index (κ3) is 2.96. The van der Waals surface area contributed by atoms with Crippen LogP contribution in [0.25, 0.3) is 0 Å². The first kappa shape index (κ1) is 11.9. The largest absolute Gasteiger partial charge is 0.316 e. The van der Waals surface area contributed by atoms with Crippen molar-refractivity contribution < 1.29 is 4.39 Å². The van der Waals surface area contributed by atoms with Crippen LogP contribution in [-0.4, -0.2) is 13.1 Å². The molecule has 2 rings (SSSR count). The third-order valence-corrected chi connectivity index (χ3v) is 3.53. The molecule has 0 amide bonds. The van der Waals surface area contributed by atoms with Gasteiger partial charge in [0.05, 0.1) is 0 Å². The van der Waals surface area contributed by atoms with Gasteiger partial charge in [0.2, 0.25) is 0 Å². The van der Waals surface area contributed by atoms with E-state index in [1.165, 1.54) is 0 Å². The summed E-state index contributed by atoms with van der Waals surface area (Å²) < 4.78 is 14.1. The van der Waals surface area contributed by atoms with E-state index in [2.05, 4.69) is 5.32 Å². The van der Waals surface area contributed by atoms with Crippen LogP contribution in [0.3, 0.4) is 0 Å². The highest BCUT2D eigenvalue weighted by Crippen LogP contribution is 2.32. The summed E-state index contributed by atoms with van der Waals surface area (Å²) in [6, 6.07) is 7.21. The lowest BCUT2D eigenvalue weighted by Crippen LogP contribution is -2.30. The minimum absolute atomic E-state index is 0.444. The average molecular weight is 242 g/mol. The number of hydrogen-bond donors (Lipinski definition) is 1. The van der Waals surface area contributed by atoms with Crippen LogP contribution in [0.1, 0.15) is 31.0 Å². The van der Waals surface area contributed by atoms with E-state index in [9.17, 15) is 4.39 Å². The Morgan fingerprint density at radius 3 is 2.94 bits per heavy atom. The van der Waals surface area contributed by atoms with Crippen LogP contribution in [0.4, 0.5) is 4.39 Å². The zero-order valence-electron chi connectivity index (χ0n) is 9.26. The molecule has 0 saturated carbocycles. The zero-order chi connectivity index (χ0) is 11.4. The second kappa shape index (κ2) is 5.65. The third-order valence-electron chi connectivity index (χ3n) is 3.18. The summed E-state index contributed by atoms with van der Waals surface area (Å²) in [6.45, 7) is 2.00. The van der Waals surface area contributed by atoms with E-state index in [0.717, 1.165) is 25.9 Å². The summed E-state index contributed by atoms with van der Waals surface area (Å²) in [7, 11) is 0. The van der Waals surface area contributed by atoms with Crippen molar-refractivity contribution in [3.63, 3.8) is 0 Å².